The fourth-order valence-corrected chi connectivity index (χ4v) is 0.703. The third-order valence-electron chi connectivity index (χ3n) is 1.34. The molecule has 76 valence electrons. The van der Waals surface area contributed by atoms with Crippen molar-refractivity contribution in [2.45, 2.75) is 39.4 Å². The zero-order chi connectivity index (χ0) is 10.3. The molecular weight excluding hydrogens is 172 g/mol. The molecule has 0 aromatic heterocycles. The second-order valence-corrected chi connectivity index (χ2v) is 2.90. The Balaban J connectivity index is 3.88. The van der Waals surface area contributed by atoms with E-state index in [1.165, 1.54) is 12.2 Å². The number of carbonyl (C=O) groups excluding carboxylic acids is 1. The maximum atomic E-state index is 10.9. The van der Waals surface area contributed by atoms with Gasteiger partial charge in [0.2, 0.25) is 0 Å². The van der Waals surface area contributed by atoms with Crippen LogP contribution in [0.1, 0.15) is 27.2 Å². The summed E-state index contributed by atoms with van der Waals surface area (Å²) in [5, 5.41) is 8.32. The first-order chi connectivity index (χ1) is 6.10. The summed E-state index contributed by atoms with van der Waals surface area (Å²) in [6.45, 7) is 5.37. The fourth-order valence-electron chi connectivity index (χ4n) is 0.703. The Morgan fingerprint density at radius 1 is 1.54 bits per heavy atom. The predicted molar refractivity (Wildman–Crippen MR) is 48.2 cm³/mol. The van der Waals surface area contributed by atoms with Crippen molar-refractivity contribution in [1.82, 2.24) is 0 Å². The standard InChI is InChI=1S/C9H16O4/c1-4-8(13-11)5-6-9(10)12-7(2)3/h5-8,11H,4H2,1-3H3/b6-5+/t8-/m1/s1. The van der Waals surface area contributed by atoms with Gasteiger partial charge in [-0.3, -0.25) is 5.26 Å². The van der Waals surface area contributed by atoms with E-state index in [0.29, 0.717) is 6.42 Å². The average Bonchev–Trinajstić information content (AvgIpc) is 2.05. The van der Waals surface area contributed by atoms with Gasteiger partial charge in [-0.1, -0.05) is 6.92 Å². The molecule has 0 aliphatic carbocycles. The van der Waals surface area contributed by atoms with Gasteiger partial charge in [0.25, 0.3) is 0 Å². The number of hydrogen-bond acceptors (Lipinski definition) is 4. The summed E-state index contributed by atoms with van der Waals surface area (Å²) in [6.07, 6.45) is 2.74. The van der Waals surface area contributed by atoms with E-state index in [2.05, 4.69) is 4.89 Å². The summed E-state index contributed by atoms with van der Waals surface area (Å²) in [6, 6.07) is 0. The summed E-state index contributed by atoms with van der Waals surface area (Å²) < 4.78 is 4.83. The highest BCUT2D eigenvalue weighted by Crippen LogP contribution is 1.98. The van der Waals surface area contributed by atoms with Gasteiger partial charge in [-0.2, -0.15) is 0 Å². The number of carbonyl (C=O) groups is 1. The van der Waals surface area contributed by atoms with Crippen molar-refractivity contribution < 1.29 is 19.7 Å². The molecule has 0 saturated carbocycles. The highest BCUT2D eigenvalue weighted by molar-refractivity contribution is 5.82. The summed E-state index contributed by atoms with van der Waals surface area (Å²) in [5.41, 5.74) is 0. The Bertz CT molecular complexity index is 170. The van der Waals surface area contributed by atoms with Crippen LogP contribution in [0.25, 0.3) is 0 Å². The van der Waals surface area contributed by atoms with Crippen LogP contribution in [0.15, 0.2) is 12.2 Å². The topological polar surface area (TPSA) is 55.8 Å². The zero-order valence-electron chi connectivity index (χ0n) is 8.19. The smallest absolute Gasteiger partial charge is 0.330 e. The molecule has 0 amide bonds. The van der Waals surface area contributed by atoms with Gasteiger partial charge in [0.1, 0.15) is 6.10 Å². The molecule has 0 aromatic carbocycles. The largest absolute Gasteiger partial charge is 0.460 e. The monoisotopic (exact) mass is 188 g/mol. The van der Waals surface area contributed by atoms with Crippen molar-refractivity contribution in [3.05, 3.63) is 12.2 Å². The van der Waals surface area contributed by atoms with Gasteiger partial charge in [-0.15, -0.1) is 0 Å². The lowest BCUT2D eigenvalue weighted by Gasteiger charge is -2.06. The maximum absolute atomic E-state index is 10.9. The van der Waals surface area contributed by atoms with Crippen LogP contribution in [0.4, 0.5) is 0 Å². The Hall–Kier alpha value is -0.870. The van der Waals surface area contributed by atoms with E-state index >= 15 is 0 Å². The molecule has 13 heavy (non-hydrogen) atoms. The van der Waals surface area contributed by atoms with Crippen molar-refractivity contribution >= 4 is 5.97 Å². The van der Waals surface area contributed by atoms with Crippen molar-refractivity contribution in [2.24, 2.45) is 0 Å². The van der Waals surface area contributed by atoms with Gasteiger partial charge in [-0.25, -0.2) is 9.68 Å². The molecule has 4 heteroatoms. The molecule has 0 radical (unpaired) electrons. The van der Waals surface area contributed by atoms with Crippen LogP contribution in [0.5, 0.6) is 0 Å². The molecule has 0 spiro atoms. The third-order valence-corrected chi connectivity index (χ3v) is 1.34. The first kappa shape index (κ1) is 12.1. The SMILES string of the molecule is CC[C@H](/C=C/C(=O)OC(C)C)OO. The van der Waals surface area contributed by atoms with Gasteiger partial charge in [0.15, 0.2) is 0 Å². The number of rotatable bonds is 5. The minimum Gasteiger partial charge on any atom is -0.460 e. The molecule has 0 aromatic rings. The lowest BCUT2D eigenvalue weighted by atomic mass is 10.2. The molecule has 4 nitrogen and oxygen atoms in total. The van der Waals surface area contributed by atoms with E-state index in [-0.39, 0.29) is 6.10 Å². The average molecular weight is 188 g/mol. The van der Waals surface area contributed by atoms with E-state index in [4.69, 9.17) is 9.99 Å². The van der Waals surface area contributed by atoms with Gasteiger partial charge >= 0.3 is 5.97 Å². The molecule has 0 aliphatic heterocycles. The second kappa shape index (κ2) is 6.62. The van der Waals surface area contributed by atoms with Gasteiger partial charge < -0.3 is 4.74 Å². The molecule has 0 bridgehead atoms. The Morgan fingerprint density at radius 2 is 2.15 bits per heavy atom. The van der Waals surface area contributed by atoms with Crippen LogP contribution in [0, 0.1) is 0 Å². The predicted octanol–water partition coefficient (Wildman–Crippen LogP) is 1.76. The number of ether oxygens (including phenoxy) is 1. The second-order valence-electron chi connectivity index (χ2n) is 2.90. The van der Waals surface area contributed by atoms with Gasteiger partial charge in [0, 0.05) is 6.08 Å². The number of esters is 1. The number of hydrogen-bond donors (Lipinski definition) is 1. The summed E-state index contributed by atoms with van der Waals surface area (Å²) in [5.74, 6) is -0.425. The van der Waals surface area contributed by atoms with Gasteiger partial charge in [0.05, 0.1) is 6.10 Å². The third kappa shape index (κ3) is 6.31. The zero-order valence-corrected chi connectivity index (χ0v) is 8.19. The maximum Gasteiger partial charge on any atom is 0.330 e. The molecule has 0 saturated heterocycles. The lowest BCUT2D eigenvalue weighted by Crippen LogP contribution is -2.10. The normalized spacial score (nSPS) is 13.6. The fraction of sp³-hybridized carbons (Fsp3) is 0.667. The van der Waals surface area contributed by atoms with E-state index < -0.39 is 12.1 Å². The Labute approximate surface area is 78.1 Å². The van der Waals surface area contributed by atoms with E-state index in [0.717, 1.165) is 0 Å². The van der Waals surface area contributed by atoms with Crippen molar-refractivity contribution in [3.63, 3.8) is 0 Å². The lowest BCUT2D eigenvalue weighted by molar-refractivity contribution is -0.266. The van der Waals surface area contributed by atoms with E-state index in [9.17, 15) is 4.79 Å². The van der Waals surface area contributed by atoms with Crippen LogP contribution in [-0.4, -0.2) is 23.4 Å². The minimum absolute atomic E-state index is 0.132. The molecule has 0 fully saturated rings. The molecule has 1 atom stereocenters. The van der Waals surface area contributed by atoms with Crippen LogP contribution in [0.3, 0.4) is 0 Å². The molecule has 0 rings (SSSR count). The first-order valence-electron chi connectivity index (χ1n) is 4.29. The van der Waals surface area contributed by atoms with Crippen molar-refractivity contribution in [1.29, 1.82) is 0 Å². The van der Waals surface area contributed by atoms with E-state index in [1.807, 2.05) is 6.92 Å². The minimum atomic E-state index is -0.445. The summed E-state index contributed by atoms with van der Waals surface area (Å²) >= 11 is 0. The molecule has 0 unspecified atom stereocenters. The highest BCUT2D eigenvalue weighted by Gasteiger charge is 2.03. The van der Waals surface area contributed by atoms with Crippen LogP contribution in [-0.2, 0) is 14.4 Å². The highest BCUT2D eigenvalue weighted by atomic mass is 17.1. The Morgan fingerprint density at radius 3 is 2.54 bits per heavy atom. The van der Waals surface area contributed by atoms with Gasteiger partial charge in [-0.05, 0) is 26.3 Å². The van der Waals surface area contributed by atoms with Crippen molar-refractivity contribution in [3.8, 4) is 0 Å². The van der Waals surface area contributed by atoms with Crippen LogP contribution in [0.2, 0.25) is 0 Å². The molecule has 1 N–H and O–H groups in total. The van der Waals surface area contributed by atoms with Crippen LogP contribution >= 0.6 is 0 Å². The molecule has 0 aliphatic rings. The first-order valence-corrected chi connectivity index (χ1v) is 4.29. The summed E-state index contributed by atoms with van der Waals surface area (Å²) in [4.78, 5) is 15.0. The molecular formula is C9H16O4. The molecule has 0 heterocycles. The quantitative estimate of drug-likeness (QED) is 0.309. The van der Waals surface area contributed by atoms with Crippen LogP contribution < -0.4 is 0 Å². The summed E-state index contributed by atoms with van der Waals surface area (Å²) in [7, 11) is 0. The van der Waals surface area contributed by atoms with Crippen molar-refractivity contribution in [2.75, 3.05) is 0 Å². The van der Waals surface area contributed by atoms with E-state index in [1.54, 1.807) is 13.8 Å². The Kier molecular flexibility index (Phi) is 6.18.